The number of alkyl halides is 1. The van der Waals surface area contributed by atoms with Gasteiger partial charge < -0.3 is 24.7 Å². The summed E-state index contributed by atoms with van der Waals surface area (Å²) >= 11 is 13.6. The van der Waals surface area contributed by atoms with E-state index in [0.29, 0.717) is 29.9 Å². The lowest BCUT2D eigenvalue weighted by Gasteiger charge is -2.48. The number of fused-ring (bicyclic) bond motifs is 1. The minimum absolute atomic E-state index is 0.0577. The number of carbonyl (C=O) groups excluding carboxylic acids is 3. The molecule has 0 saturated carbocycles. The van der Waals surface area contributed by atoms with Crippen molar-refractivity contribution in [2.45, 2.75) is 23.6 Å². The number of nitrogens with one attached hydrogen (secondary N) is 1. The number of hydrogen-bond acceptors (Lipinski definition) is 7. The first kappa shape index (κ1) is 25.0. The van der Waals surface area contributed by atoms with Crippen LogP contribution in [0.25, 0.3) is 0 Å². The molecule has 4 rings (SSSR count). The molecule has 1 aromatic rings. The molecule has 2 amide bonds. The van der Waals surface area contributed by atoms with Gasteiger partial charge in [0.1, 0.15) is 23.0 Å². The fourth-order valence-electron chi connectivity index (χ4n) is 4.77. The molecule has 0 aromatic heterocycles. The van der Waals surface area contributed by atoms with Crippen molar-refractivity contribution in [2.24, 2.45) is 0 Å². The lowest BCUT2D eigenvalue weighted by molar-refractivity contribution is -0.911. The van der Waals surface area contributed by atoms with Gasteiger partial charge >= 0.3 is 14.0 Å². The van der Waals surface area contributed by atoms with Crippen molar-refractivity contribution in [3.8, 4) is 11.5 Å². The number of benzene rings is 1. The minimum atomic E-state index is -0.760. The third-order valence-electron chi connectivity index (χ3n) is 6.54. The van der Waals surface area contributed by atoms with Crippen molar-refractivity contribution in [3.05, 3.63) is 34.0 Å². The normalized spacial score (nSPS) is 23.4. The van der Waals surface area contributed by atoms with E-state index in [-0.39, 0.29) is 27.6 Å². The van der Waals surface area contributed by atoms with Gasteiger partial charge in [0, 0.05) is 24.2 Å². The quantitative estimate of drug-likeness (QED) is 0.162. The lowest BCUT2D eigenvalue weighted by Crippen LogP contribution is -2.63. The van der Waals surface area contributed by atoms with Gasteiger partial charge in [-0.3, -0.25) is 14.5 Å². The number of likely N-dealkylation sites (tertiary alicyclic amines) is 1. The summed E-state index contributed by atoms with van der Waals surface area (Å²) in [7, 11) is 5.16. The van der Waals surface area contributed by atoms with Crippen LogP contribution in [0, 0.1) is 0 Å². The summed E-state index contributed by atoms with van der Waals surface area (Å²) in [5, 5.41) is 20.9. The van der Waals surface area contributed by atoms with E-state index in [1.165, 1.54) is 28.8 Å². The van der Waals surface area contributed by atoms with E-state index in [0.717, 1.165) is 31.5 Å². The maximum Gasteiger partial charge on any atom is 0.378 e. The molecule has 34 heavy (non-hydrogen) atoms. The molecule has 1 aromatic carbocycles. The van der Waals surface area contributed by atoms with Crippen LogP contribution in [0.1, 0.15) is 23.2 Å². The number of hydrogen-bond donors (Lipinski definition) is 3. The average molecular weight is 527 g/mol. The highest BCUT2D eigenvalue weighted by Gasteiger charge is 2.53. The second-order valence-corrected chi connectivity index (χ2v) is 10.6. The number of phenols is 2. The lowest BCUT2D eigenvalue weighted by atomic mass is 10.1. The van der Waals surface area contributed by atoms with Crippen LogP contribution in [0.5, 0.6) is 11.5 Å². The molecule has 3 heterocycles. The Morgan fingerprint density at radius 3 is 2.68 bits per heavy atom. The summed E-state index contributed by atoms with van der Waals surface area (Å²) in [5.41, 5.74) is 1.00. The molecule has 3 N–H and O–H groups in total. The van der Waals surface area contributed by atoms with Crippen LogP contribution in [-0.4, -0.2) is 94.7 Å². The number of quaternary nitrogens is 1. The summed E-state index contributed by atoms with van der Waals surface area (Å²) < 4.78 is 5.11. The maximum atomic E-state index is 12.6. The average Bonchev–Trinajstić information content (AvgIpc) is 3.29. The first-order chi connectivity index (χ1) is 16.2. The summed E-state index contributed by atoms with van der Waals surface area (Å²) in [6.45, 7) is 3.12. The number of amides is 2. The Kier molecular flexibility index (Phi) is 7.28. The predicted octanol–water partition coefficient (Wildman–Crippen LogP) is 1.49. The van der Waals surface area contributed by atoms with Gasteiger partial charge in [0.15, 0.2) is 11.5 Å². The zero-order chi connectivity index (χ0) is 24.6. The molecule has 0 bridgehead atoms. The second-order valence-electron chi connectivity index (χ2n) is 8.60. The van der Waals surface area contributed by atoms with Gasteiger partial charge in [0.25, 0.3) is 5.91 Å². The van der Waals surface area contributed by atoms with Crippen molar-refractivity contribution >= 4 is 60.8 Å². The molecule has 3 aliphatic rings. The van der Waals surface area contributed by atoms with E-state index in [4.69, 9.17) is 31.3 Å². The number of aromatic hydroxyl groups is 2. The van der Waals surface area contributed by atoms with Crippen LogP contribution >= 0.6 is 35.0 Å². The number of β-lactam (4-membered cyclic amide) rings is 1. The van der Waals surface area contributed by atoms with Gasteiger partial charge in [-0.2, -0.15) is 0 Å². The molecule has 2 atom stereocenters. The highest BCUT2D eigenvalue weighted by Crippen LogP contribution is 2.43. The number of rotatable bonds is 7. The third kappa shape index (κ3) is 4.46. The van der Waals surface area contributed by atoms with E-state index in [9.17, 15) is 24.6 Å². The molecule has 180 valence electrons. The largest absolute Gasteiger partial charge is 0.539 e. The van der Waals surface area contributed by atoms with E-state index >= 15 is 0 Å². The molecular weight excluding hydrogens is 504 g/mol. The Hall–Kier alpha value is -2.08. The molecule has 3 aliphatic heterocycles. The summed E-state index contributed by atoms with van der Waals surface area (Å²) in [6.07, 6.45) is 2.00. The maximum absolute atomic E-state index is 12.6. The van der Waals surface area contributed by atoms with Gasteiger partial charge in [-0.05, 0) is 12.1 Å². The minimum Gasteiger partial charge on any atom is -0.539 e. The Labute approximate surface area is 212 Å². The van der Waals surface area contributed by atoms with Crippen molar-refractivity contribution in [1.29, 1.82) is 0 Å². The summed E-state index contributed by atoms with van der Waals surface area (Å²) in [4.78, 5) is 38.8. The molecule has 0 aliphatic carbocycles. The van der Waals surface area contributed by atoms with Gasteiger partial charge in [0.05, 0.1) is 36.8 Å². The monoisotopic (exact) mass is 526 g/mol. The van der Waals surface area contributed by atoms with Crippen LogP contribution in [0.4, 0.5) is 0 Å². The molecule has 0 spiro atoms. The summed E-state index contributed by atoms with van der Waals surface area (Å²) in [6, 6.07) is 2.54. The topological polar surface area (TPSA) is 116 Å². The van der Waals surface area contributed by atoms with E-state index in [1.54, 1.807) is 0 Å². The molecule has 2 radical (unpaired) electrons. The van der Waals surface area contributed by atoms with Crippen LogP contribution < -0.4 is 5.32 Å². The third-order valence-corrected chi connectivity index (χ3v) is 8.83. The number of carbonyl (C=O) groups is 3. The van der Waals surface area contributed by atoms with Gasteiger partial charge in [-0.25, -0.2) is 4.79 Å². The Bertz CT molecular complexity index is 1070. The Balaban J connectivity index is 1.49. The van der Waals surface area contributed by atoms with Crippen LogP contribution in [0.2, 0.25) is 5.02 Å². The molecule has 9 nitrogen and oxygen atoms in total. The highest BCUT2D eigenvalue weighted by atomic mass is 35.5. The Morgan fingerprint density at radius 1 is 1.29 bits per heavy atom. The van der Waals surface area contributed by atoms with E-state index in [1.807, 2.05) is 0 Å². The number of thioether (sulfide) groups is 1. The zero-order valence-corrected chi connectivity index (χ0v) is 20.5. The van der Waals surface area contributed by atoms with Crippen LogP contribution in [-0.2, 0) is 14.2 Å². The number of phenolic OH excluding ortho intramolecular Hbond substituents is 2. The van der Waals surface area contributed by atoms with Crippen molar-refractivity contribution in [2.75, 3.05) is 38.5 Å². The number of nitrogens with zero attached hydrogens (tertiary/aromatic N) is 2. The van der Waals surface area contributed by atoms with Gasteiger partial charge in [0.2, 0.25) is 5.91 Å². The van der Waals surface area contributed by atoms with Gasteiger partial charge in [-0.15, -0.1) is 23.4 Å². The standard InChI is InChI=1S/C21H22BCl2N3O6S/c22-33-21(32)16-11(10-34-20-15(24)19(31)26(16)20)9-27(6-1-2-7-27)8-5-25-18(30)12-3-4-13(28)17(29)14(12)23/h3-4,15,20H,1-2,5-10H2,(H2-,25,28,29,30)/p+1/t15-,20-/m1/s1. The second kappa shape index (κ2) is 9.89. The van der Waals surface area contributed by atoms with Crippen molar-refractivity contribution in [3.63, 3.8) is 0 Å². The first-order valence-electron chi connectivity index (χ1n) is 10.7. The van der Waals surface area contributed by atoms with Crippen LogP contribution in [0.3, 0.4) is 0 Å². The van der Waals surface area contributed by atoms with E-state index < -0.39 is 28.8 Å². The Morgan fingerprint density at radius 2 is 2.00 bits per heavy atom. The summed E-state index contributed by atoms with van der Waals surface area (Å²) in [5.74, 6) is -2.00. The SMILES string of the molecule is [B]OC(=O)C1=C(C[N+]2(CCNC(=O)c3ccc(O)c(O)c3Cl)CCCC2)CS[C@@H]2[C@H](Cl)C(=O)N12. The highest BCUT2D eigenvalue weighted by molar-refractivity contribution is 8.00. The predicted molar refractivity (Wildman–Crippen MR) is 128 cm³/mol. The number of halogens is 2. The first-order valence-corrected chi connectivity index (χ1v) is 12.6. The zero-order valence-electron chi connectivity index (χ0n) is 18.1. The van der Waals surface area contributed by atoms with Crippen molar-refractivity contribution < 1.29 is 33.7 Å². The molecule has 13 heteroatoms. The van der Waals surface area contributed by atoms with Gasteiger partial charge in [-0.1, -0.05) is 11.6 Å². The molecular formula is C21H23BCl2N3O6S+. The smallest absolute Gasteiger partial charge is 0.378 e. The fourth-order valence-corrected chi connectivity index (χ4v) is 6.70. The fraction of sp³-hybridized carbons (Fsp3) is 0.476. The molecule has 2 saturated heterocycles. The molecule has 2 fully saturated rings. The van der Waals surface area contributed by atoms with Crippen LogP contribution in [0.15, 0.2) is 23.4 Å². The van der Waals surface area contributed by atoms with E-state index in [2.05, 4.69) is 9.97 Å². The molecule has 0 unspecified atom stereocenters. The van der Waals surface area contributed by atoms with Crippen molar-refractivity contribution in [1.82, 2.24) is 10.2 Å².